The van der Waals surface area contributed by atoms with Crippen LogP contribution < -0.4 is 0 Å². The molecule has 3 heteroatoms. The third-order valence-corrected chi connectivity index (χ3v) is 5.61. The first-order valence-electron chi connectivity index (χ1n) is 8.40. The van der Waals surface area contributed by atoms with E-state index >= 15 is 0 Å². The van der Waals surface area contributed by atoms with E-state index < -0.39 is 6.08 Å². The van der Waals surface area contributed by atoms with Crippen molar-refractivity contribution < 1.29 is 13.2 Å². The van der Waals surface area contributed by atoms with E-state index in [1.165, 1.54) is 19.3 Å². The Morgan fingerprint density at radius 2 is 1.73 bits per heavy atom. The Morgan fingerprint density at radius 1 is 1.05 bits per heavy atom. The van der Waals surface area contributed by atoms with Gasteiger partial charge in [-0.25, -0.2) is 4.39 Å². The van der Waals surface area contributed by atoms with Crippen molar-refractivity contribution in [2.24, 2.45) is 5.92 Å². The van der Waals surface area contributed by atoms with Gasteiger partial charge < -0.3 is 0 Å². The largest absolute Gasteiger partial charge is 0.269 e. The van der Waals surface area contributed by atoms with Crippen LogP contribution in [0, 0.1) is 11.7 Å². The second-order valence-corrected chi connectivity index (χ2v) is 6.88. The zero-order chi connectivity index (χ0) is 15.7. The van der Waals surface area contributed by atoms with E-state index in [2.05, 4.69) is 6.92 Å². The van der Waals surface area contributed by atoms with E-state index in [4.69, 9.17) is 0 Å². The Bertz CT molecular complexity index is 556. The van der Waals surface area contributed by atoms with E-state index in [0.29, 0.717) is 24.3 Å². The number of benzene rings is 1. The molecule has 1 aromatic rings. The molecule has 0 radical (unpaired) electrons. The van der Waals surface area contributed by atoms with Crippen molar-refractivity contribution in [3.8, 4) is 0 Å². The number of rotatable bonds is 3. The highest BCUT2D eigenvalue weighted by molar-refractivity contribution is 5.35. The second kappa shape index (κ2) is 6.47. The standard InChI is InChI=1S/C19H23F3/c1-2-12-3-5-13(6-4-12)14-7-8-17(18(20)11-14)15-9-16(10-15)19(21)22/h7-8,11-13,15H,2-6,9-10H2,1H3. The molecule has 3 rings (SSSR count). The quantitative estimate of drug-likeness (QED) is 0.595. The second-order valence-electron chi connectivity index (χ2n) is 6.88. The summed E-state index contributed by atoms with van der Waals surface area (Å²) in [4.78, 5) is 0. The average molecular weight is 308 g/mol. The summed E-state index contributed by atoms with van der Waals surface area (Å²) in [5, 5.41) is 0. The molecule has 0 unspecified atom stereocenters. The third kappa shape index (κ3) is 3.09. The predicted molar refractivity (Wildman–Crippen MR) is 82.6 cm³/mol. The van der Waals surface area contributed by atoms with E-state index in [1.807, 2.05) is 12.1 Å². The molecular formula is C19H23F3. The lowest BCUT2D eigenvalue weighted by molar-refractivity contribution is 0.318. The highest BCUT2D eigenvalue weighted by Gasteiger charge is 2.31. The van der Waals surface area contributed by atoms with Crippen LogP contribution in [0.3, 0.4) is 0 Å². The molecule has 2 aliphatic rings. The minimum atomic E-state index is -1.58. The molecule has 2 aliphatic carbocycles. The Kier molecular flexibility index (Phi) is 4.60. The van der Waals surface area contributed by atoms with Gasteiger partial charge in [-0.15, -0.1) is 0 Å². The van der Waals surface area contributed by atoms with Gasteiger partial charge in [0.1, 0.15) is 5.82 Å². The summed E-state index contributed by atoms with van der Waals surface area (Å²) in [6.07, 6.45) is 5.01. The number of allylic oxidation sites excluding steroid dienone is 1. The van der Waals surface area contributed by atoms with Crippen LogP contribution >= 0.6 is 0 Å². The van der Waals surface area contributed by atoms with Crippen LogP contribution in [0.1, 0.15) is 74.8 Å². The van der Waals surface area contributed by atoms with Crippen molar-refractivity contribution in [1.29, 1.82) is 0 Å². The van der Waals surface area contributed by atoms with Gasteiger partial charge in [-0.2, -0.15) is 8.78 Å². The first-order valence-corrected chi connectivity index (χ1v) is 8.40. The molecule has 120 valence electrons. The van der Waals surface area contributed by atoms with Crippen LogP contribution in [0.15, 0.2) is 29.9 Å². The summed E-state index contributed by atoms with van der Waals surface area (Å²) in [6.45, 7) is 2.24. The smallest absolute Gasteiger partial charge is 0.207 e. The maximum absolute atomic E-state index is 14.3. The number of hydrogen-bond donors (Lipinski definition) is 0. The molecule has 0 saturated heterocycles. The average Bonchev–Trinajstić information content (AvgIpc) is 2.47. The van der Waals surface area contributed by atoms with Crippen LogP contribution in [0.2, 0.25) is 0 Å². The Labute approximate surface area is 130 Å². The van der Waals surface area contributed by atoms with E-state index in [1.54, 1.807) is 6.07 Å². The fourth-order valence-corrected chi connectivity index (χ4v) is 3.94. The molecular weight excluding hydrogens is 285 g/mol. The molecule has 2 fully saturated rings. The summed E-state index contributed by atoms with van der Waals surface area (Å²) >= 11 is 0. The van der Waals surface area contributed by atoms with Gasteiger partial charge in [-0.1, -0.05) is 25.5 Å². The summed E-state index contributed by atoms with van der Waals surface area (Å²) in [6, 6.07) is 5.50. The lowest BCUT2D eigenvalue weighted by Crippen LogP contribution is -2.16. The highest BCUT2D eigenvalue weighted by Crippen LogP contribution is 2.45. The Hall–Kier alpha value is -1.25. The minimum absolute atomic E-state index is 0.0682. The monoisotopic (exact) mass is 308 g/mol. The molecule has 0 heterocycles. The maximum Gasteiger partial charge on any atom is 0.269 e. The van der Waals surface area contributed by atoms with Crippen LogP contribution in [-0.2, 0) is 0 Å². The molecule has 22 heavy (non-hydrogen) atoms. The van der Waals surface area contributed by atoms with Crippen molar-refractivity contribution in [3.05, 3.63) is 46.8 Å². The number of hydrogen-bond acceptors (Lipinski definition) is 0. The van der Waals surface area contributed by atoms with Crippen molar-refractivity contribution >= 4 is 0 Å². The topological polar surface area (TPSA) is 0 Å². The molecule has 2 saturated carbocycles. The molecule has 0 nitrogen and oxygen atoms in total. The Balaban J connectivity index is 1.67. The van der Waals surface area contributed by atoms with Gasteiger partial charge in [0.2, 0.25) is 0 Å². The molecule has 0 atom stereocenters. The first kappa shape index (κ1) is 15.6. The SMILES string of the molecule is CCC1CCC(c2ccc(C3CC(=C(F)F)C3)c(F)c2)CC1. The van der Waals surface area contributed by atoms with E-state index in [-0.39, 0.29) is 17.3 Å². The maximum atomic E-state index is 14.3. The fraction of sp³-hybridized carbons (Fsp3) is 0.579. The summed E-state index contributed by atoms with van der Waals surface area (Å²) < 4.78 is 39.2. The van der Waals surface area contributed by atoms with Gasteiger partial charge in [-0.05, 0) is 79.0 Å². The number of halogens is 3. The summed E-state index contributed by atoms with van der Waals surface area (Å²) in [7, 11) is 0. The van der Waals surface area contributed by atoms with Crippen LogP contribution in [0.5, 0.6) is 0 Å². The molecule has 0 aliphatic heterocycles. The molecule has 1 aromatic carbocycles. The zero-order valence-electron chi connectivity index (χ0n) is 13.0. The van der Waals surface area contributed by atoms with E-state index in [0.717, 1.165) is 24.3 Å². The molecule has 0 amide bonds. The molecule has 0 spiro atoms. The zero-order valence-corrected chi connectivity index (χ0v) is 13.0. The third-order valence-electron chi connectivity index (χ3n) is 5.61. The van der Waals surface area contributed by atoms with Crippen LogP contribution in [-0.4, -0.2) is 0 Å². The van der Waals surface area contributed by atoms with Gasteiger partial charge in [0.15, 0.2) is 0 Å². The predicted octanol–water partition coefficient (Wildman–Crippen LogP) is 6.54. The normalized spacial score (nSPS) is 28.4. The minimum Gasteiger partial charge on any atom is -0.207 e. The van der Waals surface area contributed by atoms with Crippen molar-refractivity contribution in [1.82, 2.24) is 0 Å². The lowest BCUT2D eigenvalue weighted by atomic mass is 9.74. The van der Waals surface area contributed by atoms with Gasteiger partial charge in [0.05, 0.1) is 0 Å². The van der Waals surface area contributed by atoms with Gasteiger partial charge >= 0.3 is 0 Å². The van der Waals surface area contributed by atoms with Gasteiger partial charge in [0.25, 0.3) is 6.08 Å². The van der Waals surface area contributed by atoms with Gasteiger partial charge in [0, 0.05) is 0 Å². The molecule has 0 bridgehead atoms. The van der Waals surface area contributed by atoms with Crippen molar-refractivity contribution in [2.75, 3.05) is 0 Å². The van der Waals surface area contributed by atoms with Crippen molar-refractivity contribution in [2.45, 2.75) is 63.7 Å². The lowest BCUT2D eigenvalue weighted by Gasteiger charge is -2.31. The van der Waals surface area contributed by atoms with E-state index in [9.17, 15) is 13.2 Å². The fourth-order valence-electron chi connectivity index (χ4n) is 3.94. The van der Waals surface area contributed by atoms with Gasteiger partial charge in [-0.3, -0.25) is 0 Å². The highest BCUT2D eigenvalue weighted by atomic mass is 19.3. The van der Waals surface area contributed by atoms with Crippen molar-refractivity contribution in [3.63, 3.8) is 0 Å². The molecule has 0 N–H and O–H groups in total. The summed E-state index contributed by atoms with van der Waals surface area (Å²) in [5.74, 6) is 1.02. The van der Waals surface area contributed by atoms with Crippen LogP contribution in [0.4, 0.5) is 13.2 Å². The summed E-state index contributed by atoms with van der Waals surface area (Å²) in [5.41, 5.74) is 1.88. The Morgan fingerprint density at radius 3 is 2.27 bits per heavy atom. The first-order chi connectivity index (χ1) is 10.6. The molecule has 0 aromatic heterocycles. The van der Waals surface area contributed by atoms with Crippen LogP contribution in [0.25, 0.3) is 0 Å².